The first-order valence-electron chi connectivity index (χ1n) is 10.5. The van der Waals surface area contributed by atoms with Gasteiger partial charge in [0, 0.05) is 50.4 Å². The summed E-state index contributed by atoms with van der Waals surface area (Å²) in [5.41, 5.74) is 2.99. The minimum atomic E-state index is -0.933. The van der Waals surface area contributed by atoms with E-state index in [1.807, 2.05) is 0 Å². The average Bonchev–Trinajstić information content (AvgIpc) is 2.76. The number of nitrogens with zero attached hydrogens (tertiary/aromatic N) is 3. The predicted molar refractivity (Wildman–Crippen MR) is 115 cm³/mol. The van der Waals surface area contributed by atoms with E-state index in [1.165, 1.54) is 5.56 Å². The van der Waals surface area contributed by atoms with E-state index < -0.39 is 11.9 Å². The van der Waals surface area contributed by atoms with Crippen LogP contribution in [0.4, 0.5) is 11.8 Å². The van der Waals surface area contributed by atoms with Crippen molar-refractivity contribution in [3.63, 3.8) is 0 Å². The molecule has 0 saturated carbocycles. The van der Waals surface area contributed by atoms with Gasteiger partial charge in [-0.05, 0) is 49.3 Å². The molecule has 0 amide bonds. The molecule has 1 atom stereocenters. The third-order valence-corrected chi connectivity index (χ3v) is 5.35. The van der Waals surface area contributed by atoms with Gasteiger partial charge in [-0.25, -0.2) is 15.0 Å². The molecule has 0 unspecified atom stereocenters. The molecule has 1 aliphatic rings. The van der Waals surface area contributed by atoms with Gasteiger partial charge in [-0.15, -0.1) is 0 Å². The van der Waals surface area contributed by atoms with Crippen LogP contribution in [0.15, 0.2) is 24.5 Å². The van der Waals surface area contributed by atoms with Crippen molar-refractivity contribution in [1.29, 1.82) is 0 Å². The van der Waals surface area contributed by atoms with E-state index in [9.17, 15) is 14.7 Å². The number of carboxylic acids is 1. The maximum Gasteiger partial charge on any atom is 0.303 e. The summed E-state index contributed by atoms with van der Waals surface area (Å²) in [4.78, 5) is 36.6. The van der Waals surface area contributed by atoms with Crippen molar-refractivity contribution < 1.29 is 14.7 Å². The minimum absolute atomic E-state index is 0.0685. The number of aromatic nitrogens is 3. The number of fused-ring (bicyclic) bond motifs is 1. The lowest BCUT2D eigenvalue weighted by Gasteiger charge is -2.17. The number of carbonyl (C=O) groups is 2. The van der Waals surface area contributed by atoms with Crippen LogP contribution in [0.2, 0.25) is 0 Å². The zero-order chi connectivity index (χ0) is 21.3. The third kappa shape index (κ3) is 6.23. The lowest BCUT2D eigenvalue weighted by molar-refractivity contribution is -0.137. The number of Topliss-reactive ketones (excluding diaryl/α,β-unsaturated/α-hetero) is 1. The fourth-order valence-electron chi connectivity index (χ4n) is 3.71. The third-order valence-electron chi connectivity index (χ3n) is 5.35. The van der Waals surface area contributed by atoms with Crippen molar-refractivity contribution in [2.75, 3.05) is 24.2 Å². The maximum atomic E-state index is 12.5. The number of nitrogens with one attached hydrogen (secondary N) is 2. The molecule has 8 nitrogen and oxygen atoms in total. The Kier molecular flexibility index (Phi) is 7.70. The summed E-state index contributed by atoms with van der Waals surface area (Å²) in [6.07, 6.45) is 8.39. The number of rotatable bonds is 11. The first kappa shape index (κ1) is 21.7. The van der Waals surface area contributed by atoms with E-state index in [0.29, 0.717) is 17.9 Å². The molecule has 0 fully saturated rings. The van der Waals surface area contributed by atoms with Crippen LogP contribution in [0.5, 0.6) is 0 Å². The van der Waals surface area contributed by atoms with Gasteiger partial charge in [0.15, 0.2) is 0 Å². The highest BCUT2D eigenvalue weighted by atomic mass is 16.4. The summed E-state index contributed by atoms with van der Waals surface area (Å²) >= 11 is 0. The molecule has 2 aromatic heterocycles. The van der Waals surface area contributed by atoms with Crippen molar-refractivity contribution in [3.8, 4) is 0 Å². The molecule has 0 saturated heterocycles. The Hall–Kier alpha value is -3.03. The Morgan fingerprint density at radius 2 is 2.00 bits per heavy atom. The lowest BCUT2D eigenvalue weighted by Crippen LogP contribution is -2.14. The summed E-state index contributed by atoms with van der Waals surface area (Å²) in [7, 11) is 1.71. The van der Waals surface area contributed by atoms with Gasteiger partial charge in [0.05, 0.1) is 6.42 Å². The Balaban J connectivity index is 1.47. The highest BCUT2D eigenvalue weighted by molar-refractivity contribution is 5.80. The topological polar surface area (TPSA) is 117 Å². The molecule has 0 radical (unpaired) electrons. The molecule has 0 bridgehead atoms. The van der Waals surface area contributed by atoms with E-state index in [-0.39, 0.29) is 18.6 Å². The molecule has 8 heteroatoms. The molecule has 0 spiro atoms. The van der Waals surface area contributed by atoms with Gasteiger partial charge in [0.25, 0.3) is 0 Å². The van der Waals surface area contributed by atoms with E-state index >= 15 is 0 Å². The first-order valence-corrected chi connectivity index (χ1v) is 10.5. The smallest absolute Gasteiger partial charge is 0.303 e. The van der Waals surface area contributed by atoms with Gasteiger partial charge in [-0.3, -0.25) is 9.59 Å². The van der Waals surface area contributed by atoms with E-state index in [1.54, 1.807) is 19.4 Å². The molecule has 1 aliphatic heterocycles. The van der Waals surface area contributed by atoms with Gasteiger partial charge in [0.1, 0.15) is 11.6 Å². The number of pyridine rings is 1. The largest absolute Gasteiger partial charge is 0.481 e. The normalized spacial score (nSPS) is 13.8. The van der Waals surface area contributed by atoms with Crippen LogP contribution in [0.25, 0.3) is 0 Å². The minimum Gasteiger partial charge on any atom is -0.481 e. The molecular formula is C22H29N5O3. The summed E-state index contributed by atoms with van der Waals surface area (Å²) in [6, 6.07) is 4.22. The summed E-state index contributed by atoms with van der Waals surface area (Å²) in [5.74, 6) is 0.189. The van der Waals surface area contributed by atoms with Crippen LogP contribution in [0, 0.1) is 0 Å². The number of hydrogen-bond acceptors (Lipinski definition) is 7. The summed E-state index contributed by atoms with van der Waals surface area (Å²) in [5, 5.41) is 15.4. The Morgan fingerprint density at radius 1 is 1.20 bits per heavy atom. The molecular weight excluding hydrogens is 382 g/mol. The lowest BCUT2D eigenvalue weighted by atomic mass is 9.91. The van der Waals surface area contributed by atoms with E-state index in [4.69, 9.17) is 0 Å². The molecule has 30 heavy (non-hydrogen) atoms. The molecule has 0 aliphatic carbocycles. The number of carboxylic acid groups (broad SMARTS) is 1. The van der Waals surface area contributed by atoms with Crippen LogP contribution in [0.3, 0.4) is 0 Å². The first-order chi connectivity index (χ1) is 14.5. The predicted octanol–water partition coefficient (Wildman–Crippen LogP) is 3.20. The van der Waals surface area contributed by atoms with Crippen LogP contribution in [-0.4, -0.2) is 45.4 Å². The fraction of sp³-hybridized carbons (Fsp3) is 0.500. The molecule has 160 valence electrons. The number of anilines is 2. The van der Waals surface area contributed by atoms with Gasteiger partial charge < -0.3 is 15.7 Å². The highest BCUT2D eigenvalue weighted by Gasteiger charge is 2.20. The van der Waals surface area contributed by atoms with Crippen LogP contribution in [-0.2, 0) is 22.4 Å². The number of aliphatic carboxylic acids is 1. The van der Waals surface area contributed by atoms with Gasteiger partial charge in [0.2, 0.25) is 5.95 Å². The quantitative estimate of drug-likeness (QED) is 0.483. The van der Waals surface area contributed by atoms with Crippen LogP contribution in [0.1, 0.15) is 61.3 Å². The number of carbonyl (C=O) groups excluding carboxylic acids is 1. The molecule has 2 aromatic rings. The SMILES string of the molecule is CNc1ncc([C@@H](CC(=O)O)CC(=O)CCCCc2ccc3c(n2)NCCC3)cn1. The van der Waals surface area contributed by atoms with Crippen molar-refractivity contribution >= 4 is 23.5 Å². The number of aryl methyl sites for hydroxylation is 2. The second kappa shape index (κ2) is 10.7. The zero-order valence-electron chi connectivity index (χ0n) is 17.4. The average molecular weight is 412 g/mol. The fourth-order valence-corrected chi connectivity index (χ4v) is 3.71. The standard InChI is InChI=1S/C22H29N5O3/c1-23-22-25-13-17(14-26-22)16(12-20(29)30)11-19(28)7-3-2-6-18-9-8-15-5-4-10-24-21(15)27-18/h8-9,13-14,16H,2-7,10-12H2,1H3,(H,24,27)(H,29,30)(H,23,25,26)/t16-/m1/s1. The Morgan fingerprint density at radius 3 is 2.73 bits per heavy atom. The van der Waals surface area contributed by atoms with Crippen LogP contribution >= 0.6 is 0 Å². The van der Waals surface area contributed by atoms with Crippen molar-refractivity contribution in [3.05, 3.63) is 41.3 Å². The maximum absolute atomic E-state index is 12.5. The van der Waals surface area contributed by atoms with E-state index in [0.717, 1.165) is 50.2 Å². The molecule has 3 rings (SSSR count). The Labute approximate surface area is 176 Å². The van der Waals surface area contributed by atoms with Crippen LogP contribution < -0.4 is 10.6 Å². The van der Waals surface area contributed by atoms with Gasteiger partial charge in [-0.1, -0.05) is 6.07 Å². The van der Waals surface area contributed by atoms with Crippen molar-refractivity contribution in [2.24, 2.45) is 0 Å². The monoisotopic (exact) mass is 411 g/mol. The van der Waals surface area contributed by atoms with Crippen molar-refractivity contribution in [1.82, 2.24) is 15.0 Å². The molecule has 3 N–H and O–H groups in total. The van der Waals surface area contributed by atoms with Gasteiger partial charge in [-0.2, -0.15) is 0 Å². The number of ketones is 1. The second-order valence-electron chi connectivity index (χ2n) is 7.68. The zero-order valence-corrected chi connectivity index (χ0v) is 17.4. The second-order valence-corrected chi connectivity index (χ2v) is 7.68. The van der Waals surface area contributed by atoms with Gasteiger partial charge >= 0.3 is 5.97 Å². The number of hydrogen-bond donors (Lipinski definition) is 3. The molecule has 0 aromatic carbocycles. The van der Waals surface area contributed by atoms with E-state index in [2.05, 4.69) is 37.7 Å². The Bertz CT molecular complexity index is 870. The molecule has 3 heterocycles. The highest BCUT2D eigenvalue weighted by Crippen LogP contribution is 2.25. The number of unbranched alkanes of at least 4 members (excludes halogenated alkanes) is 1. The summed E-state index contributed by atoms with van der Waals surface area (Å²) in [6.45, 7) is 0.970. The summed E-state index contributed by atoms with van der Waals surface area (Å²) < 4.78 is 0. The van der Waals surface area contributed by atoms with Crippen molar-refractivity contribution in [2.45, 2.75) is 57.3 Å².